The maximum Gasteiger partial charge on any atom is 0.647 e. The summed E-state index contributed by atoms with van der Waals surface area (Å²) in [7, 11) is -4.52. The average Bonchev–Trinajstić information content (AvgIpc) is 3.34. The first-order valence-corrected chi connectivity index (χ1v) is 23.7. The van der Waals surface area contributed by atoms with Crippen molar-refractivity contribution in [2.24, 2.45) is 0 Å². The summed E-state index contributed by atoms with van der Waals surface area (Å²) in [6.45, 7) is 0. The first-order chi connectivity index (χ1) is 32.0. The molecule has 0 amide bonds. The van der Waals surface area contributed by atoms with Crippen LogP contribution in [-0.2, 0) is 43.1 Å². The fourth-order valence-corrected chi connectivity index (χ4v) is 9.64. The van der Waals surface area contributed by atoms with Crippen molar-refractivity contribution in [1.29, 1.82) is 0 Å². The third-order valence-corrected chi connectivity index (χ3v) is 12.7. The fraction of sp³-hybridized carbons (Fsp3) is 0.100. The molecule has 0 aromatic heterocycles. The third-order valence-electron chi connectivity index (χ3n) is 11.5. The molecule has 0 radical (unpaired) electrons. The lowest BCUT2D eigenvalue weighted by Gasteiger charge is -2.24. The Hall–Kier alpha value is -7.39. The van der Waals surface area contributed by atoms with Crippen molar-refractivity contribution in [3.05, 3.63) is 303 Å². The van der Waals surface area contributed by atoms with Gasteiger partial charge in [0.05, 0.1) is 0 Å². The zero-order chi connectivity index (χ0) is 44.1. The summed E-state index contributed by atoms with van der Waals surface area (Å²) in [6.07, 6.45) is 3.89. The topological polar surface area (TPSA) is 44.8 Å². The van der Waals surface area contributed by atoms with Crippen LogP contribution in [0.3, 0.4) is 0 Å². The van der Waals surface area contributed by atoms with Crippen LogP contribution in [0, 0.1) is 0 Å². The van der Waals surface area contributed by atoms with Crippen LogP contribution in [0.1, 0.15) is 66.8 Å². The molecule has 0 bridgehead atoms. The van der Waals surface area contributed by atoms with Gasteiger partial charge in [-0.2, -0.15) is 4.57 Å². The zero-order valence-corrected chi connectivity index (χ0v) is 37.2. The van der Waals surface area contributed by atoms with Crippen molar-refractivity contribution in [3.63, 3.8) is 0 Å². The predicted molar refractivity (Wildman–Crippen MR) is 264 cm³/mol. The molecule has 0 saturated carbocycles. The largest absolute Gasteiger partial charge is 0.647 e. The third kappa shape index (κ3) is 12.0. The minimum Gasteiger partial charge on any atom is -0.386 e. The summed E-state index contributed by atoms with van der Waals surface area (Å²) >= 11 is 0. The van der Waals surface area contributed by atoms with Gasteiger partial charge in [0.2, 0.25) is 0 Å². The van der Waals surface area contributed by atoms with Gasteiger partial charge in [-0.05, 0) is 104 Å². The Labute approximate surface area is 383 Å². The molecule has 4 nitrogen and oxygen atoms in total. The van der Waals surface area contributed by atoms with E-state index >= 15 is 4.57 Å². The van der Waals surface area contributed by atoms with Gasteiger partial charge >= 0.3 is 7.82 Å². The Morgan fingerprint density at radius 2 is 0.462 bits per heavy atom. The summed E-state index contributed by atoms with van der Waals surface area (Å²) in [5.41, 5.74) is 12.9. The Morgan fingerprint density at radius 3 is 0.692 bits per heavy atom. The number of phosphoric ester groups is 1. The first-order valence-electron chi connectivity index (χ1n) is 22.3. The lowest BCUT2D eigenvalue weighted by atomic mass is 9.98. The molecule has 9 rings (SSSR count). The molecule has 0 spiro atoms. The van der Waals surface area contributed by atoms with E-state index in [1.54, 1.807) is 0 Å². The SMILES string of the molecule is O=P(Oc1ccc(Cc2ccccc2)cc1Cc1ccccc1)(Oc1ccc(Cc2ccccc2)cc1Cc1ccccc1)Oc1ccc(Cc2ccccc2)cc1Cc1ccccc1. The summed E-state index contributed by atoms with van der Waals surface area (Å²) in [4.78, 5) is 0. The number of hydrogen-bond acceptors (Lipinski definition) is 4. The Bertz CT molecular complexity index is 2640. The second-order valence-electron chi connectivity index (χ2n) is 16.5. The summed E-state index contributed by atoms with van der Waals surface area (Å²) in [5, 5.41) is 0. The monoisotopic (exact) mass is 866 g/mol. The summed E-state index contributed by atoms with van der Waals surface area (Å²) in [5.74, 6) is 1.30. The van der Waals surface area contributed by atoms with Gasteiger partial charge in [-0.3, -0.25) is 0 Å². The van der Waals surface area contributed by atoms with E-state index in [2.05, 4.69) is 127 Å². The van der Waals surface area contributed by atoms with Crippen LogP contribution in [-0.4, -0.2) is 0 Å². The van der Waals surface area contributed by atoms with Crippen LogP contribution in [0.2, 0.25) is 0 Å². The molecule has 9 aromatic rings. The number of hydrogen-bond donors (Lipinski definition) is 0. The molecule has 0 aliphatic carbocycles. The van der Waals surface area contributed by atoms with Crippen LogP contribution in [0.5, 0.6) is 17.2 Å². The molecular formula is C60H51O4P. The minimum absolute atomic E-state index is 0.435. The highest BCUT2D eigenvalue weighted by atomic mass is 31.2. The molecule has 0 heterocycles. The highest BCUT2D eigenvalue weighted by Crippen LogP contribution is 2.52. The van der Waals surface area contributed by atoms with E-state index in [4.69, 9.17) is 13.6 Å². The molecule has 0 aliphatic heterocycles. The van der Waals surface area contributed by atoms with Crippen molar-refractivity contribution in [3.8, 4) is 17.2 Å². The van der Waals surface area contributed by atoms with Gasteiger partial charge in [0.25, 0.3) is 0 Å². The second kappa shape index (κ2) is 20.9. The van der Waals surface area contributed by atoms with Crippen LogP contribution in [0.15, 0.2) is 237 Å². The standard InChI is InChI=1S/C60H51O4P/c61-65(62-58-34-31-52(37-46-19-7-1-8-20-46)43-55(58)40-49-25-13-4-14-26-49,63-59-35-32-53(38-47-21-9-2-10-22-47)44-56(59)41-50-27-15-5-16-28-50)64-60-36-33-54(39-48-23-11-3-12-24-48)45-57(60)42-51-29-17-6-18-30-51/h1-36,43-45H,37-42H2. The number of benzene rings is 9. The molecule has 0 unspecified atom stereocenters. The van der Waals surface area contributed by atoms with E-state index in [0.717, 1.165) is 69.3 Å². The highest BCUT2D eigenvalue weighted by Gasteiger charge is 2.36. The van der Waals surface area contributed by atoms with E-state index < -0.39 is 7.82 Å². The molecule has 320 valence electrons. The summed E-state index contributed by atoms with van der Waals surface area (Å²) in [6, 6.07) is 80.4. The molecule has 0 saturated heterocycles. The molecule has 0 aliphatic rings. The van der Waals surface area contributed by atoms with Crippen LogP contribution in [0.4, 0.5) is 0 Å². The van der Waals surface area contributed by atoms with Gasteiger partial charge in [-0.25, -0.2) is 0 Å². The Kier molecular flexibility index (Phi) is 13.8. The van der Waals surface area contributed by atoms with Crippen LogP contribution in [0.25, 0.3) is 0 Å². The van der Waals surface area contributed by atoms with E-state index in [1.165, 1.54) is 16.7 Å². The van der Waals surface area contributed by atoms with Crippen molar-refractivity contribution < 1.29 is 18.1 Å². The molecule has 65 heavy (non-hydrogen) atoms. The Balaban J connectivity index is 1.14. The van der Waals surface area contributed by atoms with Crippen LogP contribution < -0.4 is 13.6 Å². The second-order valence-corrected chi connectivity index (χ2v) is 18.0. The van der Waals surface area contributed by atoms with E-state index in [-0.39, 0.29) is 0 Å². The van der Waals surface area contributed by atoms with Gasteiger partial charge < -0.3 is 13.6 Å². The Morgan fingerprint density at radius 1 is 0.246 bits per heavy atom. The molecule has 9 aromatic carbocycles. The lowest BCUT2D eigenvalue weighted by Crippen LogP contribution is -2.11. The van der Waals surface area contributed by atoms with E-state index in [1.807, 2.05) is 109 Å². The summed E-state index contributed by atoms with van der Waals surface area (Å²) < 4.78 is 36.4. The van der Waals surface area contributed by atoms with Gasteiger partial charge in [-0.1, -0.05) is 218 Å². The van der Waals surface area contributed by atoms with E-state index in [9.17, 15) is 0 Å². The van der Waals surface area contributed by atoms with Gasteiger partial charge in [0.15, 0.2) is 0 Å². The van der Waals surface area contributed by atoms with E-state index in [0.29, 0.717) is 36.5 Å². The highest BCUT2D eigenvalue weighted by molar-refractivity contribution is 7.49. The zero-order valence-electron chi connectivity index (χ0n) is 36.3. The maximum absolute atomic E-state index is 16.0. The lowest BCUT2D eigenvalue weighted by molar-refractivity contribution is 0.295. The van der Waals surface area contributed by atoms with Crippen molar-refractivity contribution in [1.82, 2.24) is 0 Å². The van der Waals surface area contributed by atoms with Gasteiger partial charge in [0.1, 0.15) is 17.2 Å². The molecule has 5 heteroatoms. The normalized spacial score (nSPS) is 11.2. The minimum atomic E-state index is -4.52. The maximum atomic E-state index is 16.0. The number of rotatable bonds is 18. The van der Waals surface area contributed by atoms with Crippen molar-refractivity contribution >= 4 is 7.82 Å². The smallest absolute Gasteiger partial charge is 0.386 e. The molecule has 0 N–H and O–H groups in total. The first kappa shape index (κ1) is 42.9. The van der Waals surface area contributed by atoms with Gasteiger partial charge in [0, 0.05) is 19.3 Å². The molecular weight excluding hydrogens is 816 g/mol. The van der Waals surface area contributed by atoms with Crippen molar-refractivity contribution in [2.45, 2.75) is 38.5 Å². The quantitative estimate of drug-likeness (QED) is 0.0806. The fourth-order valence-electron chi connectivity index (χ4n) is 8.27. The van der Waals surface area contributed by atoms with Crippen molar-refractivity contribution in [2.75, 3.05) is 0 Å². The molecule has 0 atom stereocenters. The van der Waals surface area contributed by atoms with Gasteiger partial charge in [-0.15, -0.1) is 0 Å². The number of phosphoric acid groups is 1. The predicted octanol–water partition coefficient (Wildman–Crippen LogP) is 14.9. The van der Waals surface area contributed by atoms with Crippen LogP contribution >= 0.6 is 7.82 Å². The molecule has 0 fully saturated rings. The average molecular weight is 867 g/mol.